The molecule has 2 rings (SSSR count). The van der Waals surface area contributed by atoms with Crippen molar-refractivity contribution in [3.8, 4) is 5.75 Å². The van der Waals surface area contributed by atoms with Gasteiger partial charge >= 0.3 is 0 Å². The van der Waals surface area contributed by atoms with Gasteiger partial charge in [0, 0.05) is 17.5 Å². The van der Waals surface area contributed by atoms with E-state index in [4.69, 9.17) is 10.5 Å². The number of nitrogens with one attached hydrogen (secondary N) is 1. The molecule has 1 aromatic carbocycles. The normalized spacial score (nSPS) is 12.6. The number of fused-ring (bicyclic) bond motifs is 1. The summed E-state index contributed by atoms with van der Waals surface area (Å²) in [7, 11) is 3.52. The van der Waals surface area contributed by atoms with Crippen molar-refractivity contribution in [1.29, 1.82) is 0 Å². The topological polar surface area (TPSA) is 73.1 Å². The number of ether oxygens (including phenoxy) is 1. The lowest BCUT2D eigenvalue weighted by molar-refractivity contribution is 0.415. The lowest BCUT2D eigenvalue weighted by atomic mass is 10.1. The first kappa shape index (κ1) is 11.6. The lowest BCUT2D eigenvalue weighted by Crippen LogP contribution is -2.15. The van der Waals surface area contributed by atoms with E-state index >= 15 is 0 Å². The van der Waals surface area contributed by atoms with Gasteiger partial charge in [-0.2, -0.15) is 0 Å². The van der Waals surface area contributed by atoms with Gasteiger partial charge in [-0.1, -0.05) is 0 Å². The van der Waals surface area contributed by atoms with E-state index < -0.39 is 0 Å². The maximum absolute atomic E-state index is 5.72. The van der Waals surface area contributed by atoms with E-state index in [1.54, 1.807) is 7.11 Å². The first-order chi connectivity index (χ1) is 8.15. The third-order valence-corrected chi connectivity index (χ3v) is 2.79. The van der Waals surface area contributed by atoms with Gasteiger partial charge in [-0.25, -0.2) is 9.97 Å². The maximum atomic E-state index is 5.72. The monoisotopic (exact) mass is 232 g/mol. The Morgan fingerprint density at radius 2 is 2.12 bits per heavy atom. The summed E-state index contributed by atoms with van der Waals surface area (Å²) in [5, 5.41) is 4.14. The second-order valence-electron chi connectivity index (χ2n) is 3.86. The molecule has 0 amide bonds. The Labute approximate surface area is 100 Å². The number of aromatic nitrogens is 2. The van der Waals surface area contributed by atoms with Gasteiger partial charge in [-0.3, -0.25) is 0 Å². The summed E-state index contributed by atoms with van der Waals surface area (Å²) in [6.45, 7) is 2.03. The van der Waals surface area contributed by atoms with Crippen LogP contribution in [-0.4, -0.2) is 24.1 Å². The van der Waals surface area contributed by atoms with Crippen LogP contribution in [-0.2, 0) is 0 Å². The molecule has 3 N–H and O–H groups in total. The molecular weight excluding hydrogens is 216 g/mol. The van der Waals surface area contributed by atoms with E-state index in [-0.39, 0.29) is 12.0 Å². The molecule has 5 heteroatoms. The van der Waals surface area contributed by atoms with E-state index in [0.717, 1.165) is 22.3 Å². The first-order valence-electron chi connectivity index (χ1n) is 5.44. The van der Waals surface area contributed by atoms with E-state index in [0.29, 0.717) is 0 Å². The zero-order chi connectivity index (χ0) is 12.4. The third-order valence-electron chi connectivity index (χ3n) is 2.79. The number of nitrogens with zero attached hydrogens (tertiary/aromatic N) is 2. The molecule has 0 aliphatic rings. The minimum absolute atomic E-state index is 0.121. The van der Waals surface area contributed by atoms with Crippen molar-refractivity contribution in [3.63, 3.8) is 0 Å². The average Bonchev–Trinajstić information content (AvgIpc) is 2.35. The van der Waals surface area contributed by atoms with Crippen molar-refractivity contribution in [3.05, 3.63) is 23.9 Å². The Morgan fingerprint density at radius 1 is 1.35 bits per heavy atom. The predicted molar refractivity (Wildman–Crippen MR) is 68.0 cm³/mol. The van der Waals surface area contributed by atoms with Gasteiger partial charge in [-0.15, -0.1) is 0 Å². The van der Waals surface area contributed by atoms with Crippen LogP contribution >= 0.6 is 0 Å². The quantitative estimate of drug-likeness (QED) is 0.839. The average molecular weight is 232 g/mol. The van der Waals surface area contributed by atoms with Gasteiger partial charge in [0.1, 0.15) is 5.75 Å². The van der Waals surface area contributed by atoms with Crippen molar-refractivity contribution in [2.45, 2.75) is 13.0 Å². The summed E-state index contributed by atoms with van der Waals surface area (Å²) in [5.74, 6) is 1.04. The lowest BCUT2D eigenvalue weighted by Gasteiger charge is -2.13. The van der Waals surface area contributed by atoms with Crippen molar-refractivity contribution in [2.75, 3.05) is 19.9 Å². The molecule has 1 atom stereocenters. The van der Waals surface area contributed by atoms with Crippen LogP contribution < -0.4 is 15.8 Å². The van der Waals surface area contributed by atoms with E-state index in [1.165, 1.54) is 0 Å². The van der Waals surface area contributed by atoms with Crippen LogP contribution in [0.3, 0.4) is 0 Å². The summed E-state index contributed by atoms with van der Waals surface area (Å²) in [4.78, 5) is 8.51. The molecule has 0 aliphatic carbocycles. The Kier molecular flexibility index (Phi) is 3.10. The fraction of sp³-hybridized carbons (Fsp3) is 0.333. The van der Waals surface area contributed by atoms with Crippen molar-refractivity contribution < 1.29 is 4.74 Å². The van der Waals surface area contributed by atoms with E-state index in [1.807, 2.05) is 32.2 Å². The van der Waals surface area contributed by atoms with Gasteiger partial charge in [0.2, 0.25) is 5.95 Å². The van der Waals surface area contributed by atoms with Crippen molar-refractivity contribution >= 4 is 16.9 Å². The highest BCUT2D eigenvalue weighted by Crippen LogP contribution is 2.25. The summed E-state index contributed by atoms with van der Waals surface area (Å²) in [6.07, 6.45) is 0. The summed E-state index contributed by atoms with van der Waals surface area (Å²) in [6, 6.07) is 5.83. The fourth-order valence-electron chi connectivity index (χ4n) is 1.75. The number of anilines is 1. The van der Waals surface area contributed by atoms with E-state index in [2.05, 4.69) is 15.3 Å². The molecule has 0 bridgehead atoms. The highest BCUT2D eigenvalue weighted by atomic mass is 16.5. The maximum Gasteiger partial charge on any atom is 0.220 e. The molecule has 0 aliphatic heterocycles. The standard InChI is InChI=1S/C12H16N4O/c1-7(14-2)11-9-5-4-8(17-3)6-10(9)15-12(13)16-11/h4-7,14H,1-3H3,(H2,13,15,16). The molecule has 0 saturated heterocycles. The molecule has 0 fully saturated rings. The van der Waals surface area contributed by atoms with Crippen LogP contribution in [0.15, 0.2) is 18.2 Å². The van der Waals surface area contributed by atoms with Gasteiger partial charge in [0.05, 0.1) is 18.3 Å². The van der Waals surface area contributed by atoms with Gasteiger partial charge < -0.3 is 15.8 Å². The van der Waals surface area contributed by atoms with Gasteiger partial charge in [-0.05, 0) is 26.1 Å². The van der Waals surface area contributed by atoms with Crippen LogP contribution in [0.25, 0.3) is 10.9 Å². The minimum atomic E-state index is 0.121. The molecule has 17 heavy (non-hydrogen) atoms. The number of hydrogen-bond donors (Lipinski definition) is 2. The number of nitrogen functional groups attached to an aromatic ring is 1. The van der Waals surface area contributed by atoms with E-state index in [9.17, 15) is 0 Å². The number of nitrogens with two attached hydrogens (primary N) is 1. The number of rotatable bonds is 3. The molecular formula is C12H16N4O. The Bertz CT molecular complexity index is 541. The summed E-state index contributed by atoms with van der Waals surface area (Å²) in [5.41, 5.74) is 7.42. The second-order valence-corrected chi connectivity index (χ2v) is 3.86. The van der Waals surface area contributed by atoms with Crippen LogP contribution in [0.5, 0.6) is 5.75 Å². The van der Waals surface area contributed by atoms with Crippen LogP contribution in [0, 0.1) is 0 Å². The second kappa shape index (κ2) is 4.55. The van der Waals surface area contributed by atoms with Crippen LogP contribution in [0.2, 0.25) is 0 Å². The fourth-order valence-corrected chi connectivity index (χ4v) is 1.75. The molecule has 0 spiro atoms. The predicted octanol–water partition coefficient (Wildman–Crippen LogP) is 1.50. The SMILES string of the molecule is CNC(C)c1nc(N)nc2cc(OC)ccc12. The zero-order valence-corrected chi connectivity index (χ0v) is 10.2. The zero-order valence-electron chi connectivity index (χ0n) is 10.2. The third kappa shape index (κ3) is 2.14. The molecule has 1 unspecified atom stereocenters. The summed E-state index contributed by atoms with van der Waals surface area (Å²) >= 11 is 0. The molecule has 90 valence electrons. The Balaban J connectivity index is 2.67. The molecule has 1 aromatic heterocycles. The minimum Gasteiger partial charge on any atom is -0.497 e. The van der Waals surface area contributed by atoms with Gasteiger partial charge in [0.25, 0.3) is 0 Å². The van der Waals surface area contributed by atoms with Crippen LogP contribution in [0.4, 0.5) is 5.95 Å². The smallest absolute Gasteiger partial charge is 0.220 e. The Hall–Kier alpha value is -1.88. The Morgan fingerprint density at radius 3 is 2.76 bits per heavy atom. The highest BCUT2D eigenvalue weighted by molar-refractivity contribution is 5.83. The highest BCUT2D eigenvalue weighted by Gasteiger charge is 2.12. The van der Waals surface area contributed by atoms with Crippen molar-refractivity contribution in [2.24, 2.45) is 0 Å². The molecule has 5 nitrogen and oxygen atoms in total. The number of benzene rings is 1. The first-order valence-corrected chi connectivity index (χ1v) is 5.44. The van der Waals surface area contributed by atoms with Crippen LogP contribution in [0.1, 0.15) is 18.7 Å². The molecule has 0 saturated carbocycles. The molecule has 1 heterocycles. The largest absolute Gasteiger partial charge is 0.497 e. The van der Waals surface area contributed by atoms with Crippen molar-refractivity contribution in [1.82, 2.24) is 15.3 Å². The molecule has 0 radical (unpaired) electrons. The summed E-state index contributed by atoms with van der Waals surface area (Å²) < 4.78 is 5.17. The van der Waals surface area contributed by atoms with Gasteiger partial charge in [0.15, 0.2) is 0 Å². The number of hydrogen-bond acceptors (Lipinski definition) is 5. The molecule has 2 aromatic rings. The number of methoxy groups -OCH3 is 1.